The molecule has 0 unspecified atom stereocenters. The van der Waals surface area contributed by atoms with Gasteiger partial charge in [-0.05, 0) is 35.3 Å². The van der Waals surface area contributed by atoms with Crippen molar-refractivity contribution >= 4 is 22.6 Å². The number of hydrogen-bond acceptors (Lipinski definition) is 2. The first-order valence-electron chi connectivity index (χ1n) is 10.6. The smallest absolute Gasteiger partial charge is 0.318 e. The van der Waals surface area contributed by atoms with Crippen LogP contribution in [0.3, 0.4) is 0 Å². The first kappa shape index (κ1) is 19.1. The summed E-state index contributed by atoms with van der Waals surface area (Å²) in [5, 5.41) is 3.24. The maximum absolute atomic E-state index is 13.1. The molecule has 0 saturated carbocycles. The number of H-pyrrole nitrogens is 1. The van der Waals surface area contributed by atoms with Crippen molar-refractivity contribution in [2.24, 2.45) is 0 Å². The van der Waals surface area contributed by atoms with E-state index < -0.39 is 0 Å². The number of amides is 2. The summed E-state index contributed by atoms with van der Waals surface area (Å²) in [6, 6.07) is 23.9. The van der Waals surface area contributed by atoms with E-state index in [0.717, 1.165) is 34.1 Å². The van der Waals surface area contributed by atoms with Crippen LogP contribution in [0.5, 0.6) is 0 Å². The van der Waals surface area contributed by atoms with Gasteiger partial charge in [-0.2, -0.15) is 0 Å². The monoisotopic (exact) mass is 408 g/mol. The Balaban J connectivity index is 1.33. The van der Waals surface area contributed by atoms with Gasteiger partial charge in [0, 0.05) is 31.0 Å². The van der Waals surface area contributed by atoms with Crippen molar-refractivity contribution in [2.45, 2.75) is 12.5 Å². The minimum Gasteiger partial charge on any atom is -0.359 e. The molecule has 5 nitrogen and oxygen atoms in total. The molecule has 154 valence electrons. The van der Waals surface area contributed by atoms with E-state index in [4.69, 9.17) is 0 Å². The molecule has 0 atom stereocenters. The highest BCUT2D eigenvalue weighted by Gasteiger charge is 2.23. The van der Waals surface area contributed by atoms with Crippen LogP contribution in [0.25, 0.3) is 16.6 Å². The topological polar surface area (TPSA) is 61.0 Å². The van der Waals surface area contributed by atoms with Gasteiger partial charge < -0.3 is 15.2 Å². The summed E-state index contributed by atoms with van der Waals surface area (Å²) in [6.45, 7) is 1.25. The van der Waals surface area contributed by atoms with Gasteiger partial charge in [-0.15, -0.1) is 0 Å². The Labute approximate surface area is 181 Å². The maximum atomic E-state index is 13.1. The van der Waals surface area contributed by atoms with Crippen LogP contribution < -0.4 is 5.32 Å². The van der Waals surface area contributed by atoms with Gasteiger partial charge in [-0.3, -0.25) is 4.98 Å². The lowest BCUT2D eigenvalue weighted by Gasteiger charge is -2.29. The van der Waals surface area contributed by atoms with Crippen molar-refractivity contribution in [1.29, 1.82) is 0 Å². The van der Waals surface area contributed by atoms with Gasteiger partial charge in [0.05, 0.1) is 17.1 Å². The molecule has 2 aromatic heterocycles. The summed E-state index contributed by atoms with van der Waals surface area (Å²) >= 11 is 0. The third-order valence-corrected chi connectivity index (χ3v) is 5.81. The number of hydrogen-bond donors (Lipinski definition) is 2. The molecule has 5 heteroatoms. The molecule has 4 aromatic rings. The average Bonchev–Trinajstić information content (AvgIpc) is 3.28. The summed E-state index contributed by atoms with van der Waals surface area (Å²) in [4.78, 5) is 22.8. The highest BCUT2D eigenvalue weighted by atomic mass is 16.2. The highest BCUT2D eigenvalue weighted by molar-refractivity contribution is 5.90. The van der Waals surface area contributed by atoms with Crippen LogP contribution >= 0.6 is 0 Å². The van der Waals surface area contributed by atoms with Gasteiger partial charge in [0.1, 0.15) is 0 Å². The maximum Gasteiger partial charge on any atom is 0.318 e. The molecule has 0 radical (unpaired) electrons. The number of nitrogens with one attached hydrogen (secondary N) is 2. The number of aromatic amines is 1. The number of rotatable bonds is 4. The Bertz CT molecular complexity index is 1170. The number of fused-ring (bicyclic) bond motifs is 1. The van der Waals surface area contributed by atoms with E-state index in [-0.39, 0.29) is 12.1 Å². The molecule has 2 N–H and O–H groups in total. The summed E-state index contributed by atoms with van der Waals surface area (Å²) in [6.07, 6.45) is 6.77. The molecule has 3 heterocycles. The van der Waals surface area contributed by atoms with Crippen molar-refractivity contribution in [2.75, 3.05) is 13.1 Å². The van der Waals surface area contributed by atoms with Crippen LogP contribution in [-0.4, -0.2) is 34.0 Å². The first-order valence-corrected chi connectivity index (χ1v) is 10.6. The highest BCUT2D eigenvalue weighted by Crippen LogP contribution is 2.28. The van der Waals surface area contributed by atoms with Crippen LogP contribution in [0.15, 0.2) is 91.3 Å². The zero-order valence-electron chi connectivity index (χ0n) is 17.2. The van der Waals surface area contributed by atoms with Crippen LogP contribution in [0, 0.1) is 0 Å². The number of carbonyl (C=O) groups excluding carboxylic acids is 1. The van der Waals surface area contributed by atoms with Crippen LogP contribution in [0.1, 0.15) is 29.2 Å². The van der Waals surface area contributed by atoms with Crippen molar-refractivity contribution < 1.29 is 4.79 Å². The van der Waals surface area contributed by atoms with Crippen LogP contribution in [-0.2, 0) is 0 Å². The number of urea groups is 1. The molecular weight excluding hydrogens is 384 g/mol. The fraction of sp³-hybridized carbons (Fsp3) is 0.154. The van der Waals surface area contributed by atoms with E-state index in [0.29, 0.717) is 13.1 Å². The van der Waals surface area contributed by atoms with Crippen molar-refractivity contribution in [3.63, 3.8) is 0 Å². The second-order valence-electron chi connectivity index (χ2n) is 7.73. The zero-order chi connectivity index (χ0) is 21.0. The molecule has 31 heavy (non-hydrogen) atoms. The zero-order valence-corrected chi connectivity index (χ0v) is 17.2. The van der Waals surface area contributed by atoms with Crippen LogP contribution in [0.2, 0.25) is 0 Å². The summed E-state index contributed by atoms with van der Waals surface area (Å²) < 4.78 is 0. The number of benzene rings is 2. The molecule has 0 saturated heterocycles. The molecule has 0 spiro atoms. The quantitative estimate of drug-likeness (QED) is 0.490. The molecule has 0 fully saturated rings. The fourth-order valence-electron chi connectivity index (χ4n) is 4.16. The Morgan fingerprint density at radius 3 is 2.32 bits per heavy atom. The Morgan fingerprint density at radius 1 is 0.968 bits per heavy atom. The number of aromatic nitrogens is 2. The molecule has 1 aliphatic heterocycles. The van der Waals surface area contributed by atoms with Gasteiger partial charge >= 0.3 is 6.03 Å². The molecule has 1 aliphatic rings. The van der Waals surface area contributed by atoms with Crippen molar-refractivity contribution in [1.82, 2.24) is 20.2 Å². The number of nitrogens with zero attached hydrogens (tertiary/aromatic N) is 2. The minimum atomic E-state index is -0.182. The standard InChI is InChI=1S/C26H24N4O/c31-26(29-24(20-8-3-1-4-9-20)21-10-5-2-6-11-21)30-16-13-19(14-17-30)22-18-28-23-12-7-15-27-25(22)23/h1-13,15,18,24,28H,14,16-17H2,(H,29,31). The molecule has 0 aliphatic carbocycles. The number of carbonyl (C=O) groups is 1. The van der Waals surface area contributed by atoms with Gasteiger partial charge in [0.2, 0.25) is 0 Å². The second-order valence-corrected chi connectivity index (χ2v) is 7.73. The van der Waals surface area contributed by atoms with Gasteiger partial charge in [0.25, 0.3) is 0 Å². The van der Waals surface area contributed by atoms with Gasteiger partial charge in [-0.1, -0.05) is 66.7 Å². The Morgan fingerprint density at radius 2 is 1.68 bits per heavy atom. The predicted molar refractivity (Wildman–Crippen MR) is 124 cm³/mol. The van der Waals surface area contributed by atoms with E-state index in [2.05, 4.69) is 45.6 Å². The van der Waals surface area contributed by atoms with E-state index in [1.807, 2.05) is 65.8 Å². The lowest BCUT2D eigenvalue weighted by Crippen LogP contribution is -2.43. The SMILES string of the molecule is O=C(NC(c1ccccc1)c1ccccc1)N1CC=C(c2c[nH]c3cccnc23)CC1. The summed E-state index contributed by atoms with van der Waals surface area (Å²) in [5.74, 6) is 0. The Kier molecular flexibility index (Phi) is 5.23. The first-order chi connectivity index (χ1) is 15.3. The molecule has 2 aromatic carbocycles. The van der Waals surface area contributed by atoms with E-state index in [1.54, 1.807) is 0 Å². The number of pyridine rings is 1. The fourth-order valence-corrected chi connectivity index (χ4v) is 4.16. The van der Waals surface area contributed by atoms with Gasteiger partial charge in [0.15, 0.2) is 0 Å². The molecular formula is C26H24N4O. The van der Waals surface area contributed by atoms with E-state index >= 15 is 0 Å². The van der Waals surface area contributed by atoms with E-state index in [9.17, 15) is 4.79 Å². The van der Waals surface area contributed by atoms with Crippen molar-refractivity contribution in [3.05, 3.63) is 108 Å². The molecule has 5 rings (SSSR count). The summed E-state index contributed by atoms with van der Waals surface area (Å²) in [7, 11) is 0. The van der Waals surface area contributed by atoms with Crippen molar-refractivity contribution in [3.8, 4) is 0 Å². The second kappa shape index (κ2) is 8.48. The minimum absolute atomic E-state index is 0.0509. The molecule has 2 amide bonds. The normalized spacial score (nSPS) is 14.0. The lowest BCUT2D eigenvalue weighted by atomic mass is 9.98. The van der Waals surface area contributed by atoms with E-state index in [1.165, 1.54) is 5.57 Å². The average molecular weight is 409 g/mol. The summed E-state index contributed by atoms with van der Waals surface area (Å²) in [5.41, 5.74) is 6.52. The third kappa shape index (κ3) is 3.94. The lowest BCUT2D eigenvalue weighted by molar-refractivity contribution is 0.200. The van der Waals surface area contributed by atoms with Crippen LogP contribution in [0.4, 0.5) is 4.79 Å². The Hall–Kier alpha value is -3.86. The largest absolute Gasteiger partial charge is 0.359 e. The molecule has 0 bridgehead atoms. The predicted octanol–water partition coefficient (Wildman–Crippen LogP) is 5.15. The van der Waals surface area contributed by atoms with Gasteiger partial charge in [-0.25, -0.2) is 4.79 Å². The third-order valence-electron chi connectivity index (χ3n) is 5.81.